The van der Waals surface area contributed by atoms with Gasteiger partial charge in [0.25, 0.3) is 0 Å². The van der Waals surface area contributed by atoms with Gasteiger partial charge in [0.05, 0.1) is 11.0 Å². The topological polar surface area (TPSA) is 38.0 Å². The van der Waals surface area contributed by atoms with Crippen LogP contribution in [-0.4, -0.2) is 14.9 Å². The Balaban J connectivity index is 1.82. The van der Waals surface area contributed by atoms with Gasteiger partial charge in [-0.15, -0.1) is 11.3 Å². The lowest BCUT2D eigenvalue weighted by atomic mass is 9.85. The molecule has 0 radical (unpaired) electrons. The predicted molar refractivity (Wildman–Crippen MR) is 83.1 cm³/mol. The Bertz CT molecular complexity index is 671. The summed E-state index contributed by atoms with van der Waals surface area (Å²) in [5.41, 5.74) is -0.470. The van der Waals surface area contributed by atoms with Crippen molar-refractivity contribution in [3.63, 3.8) is 0 Å². The molecule has 0 bridgehead atoms. The lowest BCUT2D eigenvalue weighted by Crippen LogP contribution is -2.14. The zero-order valence-corrected chi connectivity index (χ0v) is 13.6. The highest BCUT2D eigenvalue weighted by atomic mass is 32.1. The number of aryl methyl sites for hydroxylation is 1. The van der Waals surface area contributed by atoms with Crippen LogP contribution in [0.2, 0.25) is 0 Å². The second kappa shape index (κ2) is 6.28. The van der Waals surface area contributed by atoms with Crippen molar-refractivity contribution >= 4 is 11.3 Å². The molecule has 0 saturated heterocycles. The van der Waals surface area contributed by atoms with E-state index in [0.29, 0.717) is 10.6 Å². The van der Waals surface area contributed by atoms with Crippen LogP contribution in [0.3, 0.4) is 0 Å². The molecule has 0 aliphatic heterocycles. The Morgan fingerprint density at radius 2 is 1.96 bits per heavy atom. The largest absolute Gasteiger partial charge is 0.433 e. The molecule has 0 amide bonds. The van der Waals surface area contributed by atoms with Gasteiger partial charge in [-0.25, -0.2) is 0 Å². The maximum atomic E-state index is 12.9. The molecule has 2 heterocycles. The maximum Gasteiger partial charge on any atom is 0.433 e. The summed E-state index contributed by atoms with van der Waals surface area (Å²) in [7, 11) is 1.29. The molecule has 23 heavy (non-hydrogen) atoms. The summed E-state index contributed by atoms with van der Waals surface area (Å²) in [6.45, 7) is 0. The van der Waals surface area contributed by atoms with Crippen molar-refractivity contribution in [2.24, 2.45) is 13.0 Å². The van der Waals surface area contributed by atoms with Gasteiger partial charge in [0.1, 0.15) is 11.4 Å². The summed E-state index contributed by atoms with van der Waals surface area (Å²) in [6.07, 6.45) is 0.561. The molecule has 1 aliphatic rings. The van der Waals surface area contributed by atoms with E-state index in [4.69, 9.17) is 0 Å². The van der Waals surface area contributed by atoms with Gasteiger partial charge in [-0.3, -0.25) is 4.68 Å². The van der Waals surface area contributed by atoms with Gasteiger partial charge < -0.3 is 5.11 Å². The molecule has 0 aromatic carbocycles. The van der Waals surface area contributed by atoms with Crippen LogP contribution in [0.25, 0.3) is 10.6 Å². The summed E-state index contributed by atoms with van der Waals surface area (Å²) < 4.78 is 39.4. The SMILES string of the molecule is Cn1nc(-c2ccc(C(O)C3CCCCC3)s2)cc1C(F)(F)F. The van der Waals surface area contributed by atoms with Gasteiger partial charge in [-0.05, 0) is 37.0 Å². The number of alkyl halides is 3. The second-order valence-corrected chi connectivity index (χ2v) is 7.20. The van der Waals surface area contributed by atoms with E-state index < -0.39 is 18.0 Å². The Kier molecular flexibility index (Phi) is 4.51. The highest BCUT2D eigenvalue weighted by molar-refractivity contribution is 7.15. The Morgan fingerprint density at radius 1 is 1.26 bits per heavy atom. The van der Waals surface area contributed by atoms with Crippen molar-refractivity contribution in [2.45, 2.75) is 44.4 Å². The minimum atomic E-state index is -4.41. The molecule has 2 aromatic heterocycles. The summed E-state index contributed by atoms with van der Waals surface area (Å²) >= 11 is 1.33. The number of aromatic nitrogens is 2. The molecular formula is C16H19F3N2OS. The third-order valence-corrected chi connectivity index (χ3v) is 5.62. The third-order valence-electron chi connectivity index (χ3n) is 4.44. The summed E-state index contributed by atoms with van der Waals surface area (Å²) in [6, 6.07) is 4.61. The van der Waals surface area contributed by atoms with E-state index in [2.05, 4.69) is 5.10 Å². The maximum absolute atomic E-state index is 12.9. The van der Waals surface area contributed by atoms with Crippen LogP contribution >= 0.6 is 11.3 Å². The van der Waals surface area contributed by atoms with Crippen LogP contribution in [0.1, 0.15) is 48.8 Å². The van der Waals surface area contributed by atoms with E-state index in [1.807, 2.05) is 0 Å². The average molecular weight is 344 g/mol. The van der Waals surface area contributed by atoms with Crippen LogP contribution in [0, 0.1) is 5.92 Å². The van der Waals surface area contributed by atoms with E-state index in [-0.39, 0.29) is 5.92 Å². The van der Waals surface area contributed by atoms with Crippen molar-refractivity contribution in [3.05, 3.63) is 28.8 Å². The van der Waals surface area contributed by atoms with E-state index in [1.54, 1.807) is 12.1 Å². The molecule has 1 aliphatic carbocycles. The zero-order valence-electron chi connectivity index (χ0n) is 12.8. The number of aliphatic hydroxyl groups is 1. The first-order valence-corrected chi connectivity index (χ1v) is 8.57. The summed E-state index contributed by atoms with van der Waals surface area (Å²) in [5, 5.41) is 14.5. The average Bonchev–Trinajstić information content (AvgIpc) is 3.13. The van der Waals surface area contributed by atoms with Crippen molar-refractivity contribution in [1.82, 2.24) is 9.78 Å². The first-order chi connectivity index (χ1) is 10.9. The smallest absolute Gasteiger partial charge is 0.387 e. The first-order valence-electron chi connectivity index (χ1n) is 7.75. The molecule has 1 atom stereocenters. The quantitative estimate of drug-likeness (QED) is 0.870. The number of nitrogens with zero attached hydrogens (tertiary/aromatic N) is 2. The summed E-state index contributed by atoms with van der Waals surface area (Å²) in [5.74, 6) is 0.254. The van der Waals surface area contributed by atoms with Crippen molar-refractivity contribution < 1.29 is 18.3 Å². The van der Waals surface area contributed by atoms with Crippen molar-refractivity contribution in [3.8, 4) is 10.6 Å². The minimum Gasteiger partial charge on any atom is -0.387 e. The monoisotopic (exact) mass is 344 g/mol. The van der Waals surface area contributed by atoms with E-state index in [0.717, 1.165) is 41.3 Å². The molecule has 1 saturated carbocycles. The number of rotatable bonds is 3. The van der Waals surface area contributed by atoms with Crippen LogP contribution in [0.15, 0.2) is 18.2 Å². The molecule has 1 N–H and O–H groups in total. The second-order valence-electron chi connectivity index (χ2n) is 6.08. The van der Waals surface area contributed by atoms with Gasteiger partial charge in [-0.1, -0.05) is 19.3 Å². The molecule has 3 nitrogen and oxygen atoms in total. The van der Waals surface area contributed by atoms with E-state index in [1.165, 1.54) is 24.8 Å². The standard InChI is InChI=1S/C16H19F3N2OS/c1-21-14(16(17,18)19)9-11(20-21)12-7-8-13(23-12)15(22)10-5-3-2-4-6-10/h7-10,15,22H,2-6H2,1H3. The Labute approximate surface area is 136 Å². The van der Waals surface area contributed by atoms with Gasteiger partial charge in [0, 0.05) is 11.9 Å². The molecule has 3 rings (SSSR count). The summed E-state index contributed by atoms with van der Waals surface area (Å²) in [4.78, 5) is 1.46. The molecular weight excluding hydrogens is 325 g/mol. The van der Waals surface area contributed by atoms with E-state index >= 15 is 0 Å². The Hall–Kier alpha value is -1.34. The number of hydrogen-bond acceptors (Lipinski definition) is 3. The van der Waals surface area contributed by atoms with Gasteiger partial charge in [0.15, 0.2) is 0 Å². The number of halogens is 3. The van der Waals surface area contributed by atoms with Crippen molar-refractivity contribution in [1.29, 1.82) is 0 Å². The van der Waals surface area contributed by atoms with Gasteiger partial charge in [-0.2, -0.15) is 18.3 Å². The van der Waals surface area contributed by atoms with Gasteiger partial charge >= 0.3 is 6.18 Å². The highest BCUT2D eigenvalue weighted by Crippen LogP contribution is 2.40. The third kappa shape index (κ3) is 3.45. The lowest BCUT2D eigenvalue weighted by Gasteiger charge is -2.25. The molecule has 1 fully saturated rings. The zero-order chi connectivity index (χ0) is 16.6. The number of thiophene rings is 1. The van der Waals surface area contributed by atoms with Crippen LogP contribution in [-0.2, 0) is 13.2 Å². The Morgan fingerprint density at radius 3 is 2.57 bits per heavy atom. The van der Waals surface area contributed by atoms with Crippen LogP contribution in [0.4, 0.5) is 13.2 Å². The van der Waals surface area contributed by atoms with Crippen LogP contribution in [0.5, 0.6) is 0 Å². The minimum absolute atomic E-state index is 0.254. The molecule has 7 heteroatoms. The normalized spacial score (nSPS) is 18.3. The molecule has 0 spiro atoms. The number of hydrogen-bond donors (Lipinski definition) is 1. The first kappa shape index (κ1) is 16.5. The van der Waals surface area contributed by atoms with Crippen LogP contribution < -0.4 is 0 Å². The van der Waals surface area contributed by atoms with Crippen molar-refractivity contribution in [2.75, 3.05) is 0 Å². The fourth-order valence-corrected chi connectivity index (χ4v) is 4.23. The molecule has 126 valence electrons. The lowest BCUT2D eigenvalue weighted by molar-refractivity contribution is -0.143. The predicted octanol–water partition coefficient (Wildman–Crippen LogP) is 4.78. The fraction of sp³-hybridized carbons (Fsp3) is 0.562. The fourth-order valence-electron chi connectivity index (χ4n) is 3.18. The highest BCUT2D eigenvalue weighted by Gasteiger charge is 2.35. The van der Waals surface area contributed by atoms with E-state index in [9.17, 15) is 18.3 Å². The number of aliphatic hydroxyl groups excluding tert-OH is 1. The molecule has 2 aromatic rings. The van der Waals surface area contributed by atoms with Gasteiger partial charge in [0.2, 0.25) is 0 Å². The molecule has 1 unspecified atom stereocenters.